The number of hydrogen-bond donors (Lipinski definition) is 1. The molecule has 8 aromatic carbocycles. The molecule has 2 aliphatic rings. The zero-order chi connectivity index (χ0) is 61.8. The molecular weight excluding hydrogens is 1110 g/mol. The third-order valence-corrected chi connectivity index (χ3v) is 15.6. The van der Waals surface area contributed by atoms with Gasteiger partial charge < -0.3 is 10.2 Å². The number of anilines is 4. The van der Waals surface area contributed by atoms with Crippen molar-refractivity contribution in [2.45, 2.75) is 104 Å². The molecule has 1 N–H and O–H groups in total. The largest absolute Gasteiger partial charge is 0.356 e. The van der Waals surface area contributed by atoms with Crippen LogP contribution in [0.3, 0.4) is 0 Å². The van der Waals surface area contributed by atoms with Gasteiger partial charge in [0.25, 0.3) is 0 Å². The summed E-state index contributed by atoms with van der Waals surface area (Å²) in [7, 11) is 3.59. The maximum atomic E-state index is 5.59. The molecule has 0 radical (unpaired) electrons. The number of aryl methyl sites for hydroxylation is 2. The maximum absolute atomic E-state index is 5.59. The van der Waals surface area contributed by atoms with E-state index in [0.717, 1.165) is 94.0 Å². The molecule has 0 heterocycles. The highest BCUT2D eigenvalue weighted by Crippen LogP contribution is 2.32. The van der Waals surface area contributed by atoms with Crippen molar-refractivity contribution in [3.63, 3.8) is 0 Å². The van der Waals surface area contributed by atoms with Crippen LogP contribution in [0.1, 0.15) is 97.2 Å². The third kappa shape index (κ3) is 20.3. The number of nitrogens with one attached hydrogen (secondary N) is 1. The Kier molecular flexibility index (Phi) is 23.2. The van der Waals surface area contributed by atoms with Crippen LogP contribution in [0.25, 0.3) is 0 Å². The first-order valence-corrected chi connectivity index (χ1v) is 30.9. The van der Waals surface area contributed by atoms with Crippen LogP contribution in [0.4, 0.5) is 34.1 Å². The molecule has 0 saturated carbocycles. The molecule has 7 nitrogen and oxygen atoms in total. The molecule has 0 spiro atoms. The van der Waals surface area contributed by atoms with Gasteiger partial charge in [0.2, 0.25) is 0 Å². The van der Waals surface area contributed by atoms with Crippen molar-refractivity contribution in [1.29, 1.82) is 0 Å². The lowest BCUT2D eigenvalue weighted by atomic mass is 9.94. The number of alkyl halides is 2. The standard InChI is InChI=1S/C43H50N4.C27H25N3.C8H8Cl2/c1-32-9-11-33(12-10-32)29-34-17-25-40(26-18-34)46(41-27-23-39(24-28-41)45-38-21-19-37(44-8)20-22-38)30-35-13-15-36(16-14-35)31-47(42(2,3)4)43(5,6)7;1-20-3-5-21(6-4-20)19-22-7-9-24(10-8-22)29-26-15-17-27(18-16-26)30-25-13-11-23(28-2)12-14-25;9-5-7-1-2-8(6-10)4-3-7/h9-28H,29-31H2,1-8H3;3-18,29H,19H2,1-2H3;1-4H,5-6H2. The van der Waals surface area contributed by atoms with E-state index in [0.29, 0.717) is 11.8 Å². The van der Waals surface area contributed by atoms with Crippen LogP contribution in [0, 0.1) is 13.8 Å². The van der Waals surface area contributed by atoms with Crippen molar-refractivity contribution in [3.8, 4) is 0 Å². The van der Waals surface area contributed by atoms with Gasteiger partial charge >= 0.3 is 0 Å². The van der Waals surface area contributed by atoms with E-state index in [1.165, 1.54) is 44.5 Å². The predicted octanol–water partition coefficient (Wildman–Crippen LogP) is 20.4. The Hall–Kier alpha value is -8.46. The fourth-order valence-corrected chi connectivity index (χ4v) is 10.5. The van der Waals surface area contributed by atoms with Crippen molar-refractivity contribution >= 4 is 80.2 Å². The number of nitrogens with zero attached hydrogens (tertiary/aromatic N) is 6. The lowest BCUT2D eigenvalue weighted by Crippen LogP contribution is -2.51. The highest BCUT2D eigenvalue weighted by Gasteiger charge is 2.31. The van der Waals surface area contributed by atoms with E-state index in [-0.39, 0.29) is 11.1 Å². The van der Waals surface area contributed by atoms with Crippen molar-refractivity contribution in [3.05, 3.63) is 298 Å². The van der Waals surface area contributed by atoms with E-state index in [1.807, 2.05) is 85.0 Å². The van der Waals surface area contributed by atoms with E-state index in [4.69, 9.17) is 28.2 Å². The second-order valence-corrected chi connectivity index (χ2v) is 24.5. The minimum Gasteiger partial charge on any atom is -0.356 e. The van der Waals surface area contributed by atoms with Crippen LogP contribution in [-0.2, 0) is 37.7 Å². The fourth-order valence-electron chi connectivity index (χ4n) is 10.2. The van der Waals surface area contributed by atoms with Gasteiger partial charge in [0.1, 0.15) is 0 Å². The number of rotatable bonds is 16. The van der Waals surface area contributed by atoms with Gasteiger partial charge in [-0.3, -0.25) is 14.9 Å². The second kappa shape index (κ2) is 31.3. The lowest BCUT2D eigenvalue weighted by molar-refractivity contribution is 0.0298. The lowest BCUT2D eigenvalue weighted by Gasteiger charge is -2.45. The molecule has 0 atom stereocenters. The Balaban J connectivity index is 0.000000207. The molecule has 87 heavy (non-hydrogen) atoms. The van der Waals surface area contributed by atoms with Crippen LogP contribution >= 0.6 is 23.2 Å². The SMILES string of the molecule is CN=C1C=CC(=Nc2ccc(N(Cc3ccc(CN(C(C)(C)C)C(C)(C)C)cc3)c3ccc(Cc4ccc(C)cc4)cc3)cc2)C=C1.CN=C1C=CC(=Nc2ccc(Nc3ccc(Cc4ccc(C)cc4)cc3)cc2)C=C1.ClCc1ccc(CCl)cc1. The average Bonchev–Trinajstić information content (AvgIpc) is 2.84. The Morgan fingerprint density at radius 3 is 0.989 bits per heavy atom. The van der Waals surface area contributed by atoms with Crippen LogP contribution in [0.2, 0.25) is 0 Å². The highest BCUT2D eigenvalue weighted by atomic mass is 35.5. The number of hydrogen-bond acceptors (Lipinski definition) is 7. The fraction of sp³-hybridized carbons (Fsp3) is 0.231. The van der Waals surface area contributed by atoms with Gasteiger partial charge in [-0.2, -0.15) is 0 Å². The normalized spacial score (nSPS) is 12.7. The van der Waals surface area contributed by atoms with Crippen LogP contribution < -0.4 is 10.2 Å². The molecule has 0 unspecified atom stereocenters. The van der Waals surface area contributed by atoms with Gasteiger partial charge in [0, 0.05) is 72.8 Å². The Labute approximate surface area is 528 Å². The molecule has 0 amide bonds. The second-order valence-electron chi connectivity index (χ2n) is 24.0. The monoisotopic (exact) mass is 1190 g/mol. The minimum atomic E-state index is 0.0759. The first kappa shape index (κ1) is 64.5. The topological polar surface area (TPSA) is 68.0 Å². The van der Waals surface area contributed by atoms with E-state index in [1.54, 1.807) is 14.1 Å². The summed E-state index contributed by atoms with van der Waals surface area (Å²) >= 11 is 11.2. The third-order valence-electron chi connectivity index (χ3n) is 15.0. The van der Waals surface area contributed by atoms with Crippen molar-refractivity contribution in [2.24, 2.45) is 20.0 Å². The zero-order valence-electron chi connectivity index (χ0n) is 52.3. The molecular formula is C78H83Cl2N7. The summed E-state index contributed by atoms with van der Waals surface area (Å²) in [6.07, 6.45) is 17.8. The molecule has 9 heteroatoms. The summed E-state index contributed by atoms with van der Waals surface area (Å²) in [4.78, 5) is 22.8. The number of benzene rings is 8. The predicted molar refractivity (Wildman–Crippen MR) is 377 cm³/mol. The Bertz CT molecular complexity index is 3650. The van der Waals surface area contributed by atoms with Crippen LogP contribution in [-0.4, -0.2) is 52.9 Å². The summed E-state index contributed by atoms with van der Waals surface area (Å²) in [5.74, 6) is 1.14. The van der Waals surface area contributed by atoms with Crippen LogP contribution in [0.5, 0.6) is 0 Å². The molecule has 10 rings (SSSR count). The Morgan fingerprint density at radius 1 is 0.345 bits per heavy atom. The summed E-state index contributed by atoms with van der Waals surface area (Å²) in [5, 5.41) is 3.45. The smallest absolute Gasteiger partial charge is 0.0638 e. The molecule has 8 aromatic rings. The van der Waals surface area contributed by atoms with Crippen molar-refractivity contribution in [2.75, 3.05) is 24.3 Å². The molecule has 444 valence electrons. The van der Waals surface area contributed by atoms with Gasteiger partial charge in [0.15, 0.2) is 0 Å². The van der Waals surface area contributed by atoms with Gasteiger partial charge in [-0.15, -0.1) is 23.2 Å². The zero-order valence-corrected chi connectivity index (χ0v) is 53.8. The van der Waals surface area contributed by atoms with E-state index in [9.17, 15) is 0 Å². The molecule has 0 aromatic heterocycles. The van der Waals surface area contributed by atoms with Gasteiger partial charge in [-0.1, -0.05) is 132 Å². The maximum Gasteiger partial charge on any atom is 0.0638 e. The molecule has 2 aliphatic carbocycles. The van der Waals surface area contributed by atoms with Gasteiger partial charge in [0.05, 0.1) is 34.2 Å². The first-order chi connectivity index (χ1) is 41.9. The van der Waals surface area contributed by atoms with Crippen LogP contribution in [0.15, 0.2) is 263 Å². The van der Waals surface area contributed by atoms with Crippen molar-refractivity contribution < 1.29 is 0 Å². The molecule has 0 saturated heterocycles. The summed E-state index contributed by atoms with van der Waals surface area (Å²) in [6.45, 7) is 19.7. The number of allylic oxidation sites excluding steroid dienone is 8. The van der Waals surface area contributed by atoms with E-state index in [2.05, 4.69) is 243 Å². The Morgan fingerprint density at radius 2 is 0.632 bits per heavy atom. The van der Waals surface area contributed by atoms with E-state index >= 15 is 0 Å². The first-order valence-electron chi connectivity index (χ1n) is 29.8. The number of aliphatic imine (C=N–C) groups is 4. The molecule has 0 bridgehead atoms. The quantitative estimate of drug-likeness (QED) is 0.0774. The summed E-state index contributed by atoms with van der Waals surface area (Å²) < 4.78 is 0. The molecule has 0 aliphatic heterocycles. The average molecular weight is 1190 g/mol. The summed E-state index contributed by atoms with van der Waals surface area (Å²) in [5.41, 5.74) is 22.9. The number of halogens is 2. The summed E-state index contributed by atoms with van der Waals surface area (Å²) in [6, 6.07) is 69.0. The van der Waals surface area contributed by atoms with Gasteiger partial charge in [-0.25, -0.2) is 9.98 Å². The minimum absolute atomic E-state index is 0.0759. The van der Waals surface area contributed by atoms with E-state index < -0.39 is 0 Å². The van der Waals surface area contributed by atoms with Gasteiger partial charge in [-0.05, 0) is 234 Å². The van der Waals surface area contributed by atoms with Crippen molar-refractivity contribution in [1.82, 2.24) is 4.90 Å². The molecule has 0 fully saturated rings. The highest BCUT2D eigenvalue weighted by molar-refractivity contribution is 6.20.